The second-order valence-corrected chi connectivity index (χ2v) is 12.1. The number of phosphoric ester groups is 1. The van der Waals surface area contributed by atoms with Gasteiger partial charge in [0.2, 0.25) is 0 Å². The van der Waals surface area contributed by atoms with E-state index in [1.807, 2.05) is 18.2 Å². The normalized spacial score (nSPS) is 13.6. The largest absolute Gasteiger partial charge is 0.527 e. The summed E-state index contributed by atoms with van der Waals surface area (Å²) in [7, 11) is -4.00. The van der Waals surface area contributed by atoms with E-state index < -0.39 is 7.82 Å². The summed E-state index contributed by atoms with van der Waals surface area (Å²) in [6.45, 7) is 4.64. The van der Waals surface area contributed by atoms with Crippen LogP contribution in [0.3, 0.4) is 0 Å². The van der Waals surface area contributed by atoms with Gasteiger partial charge in [0.05, 0.1) is 12.9 Å². The van der Waals surface area contributed by atoms with Gasteiger partial charge in [0, 0.05) is 0 Å². The first-order chi connectivity index (χ1) is 18.1. The molecule has 4 nitrogen and oxygen atoms in total. The van der Waals surface area contributed by atoms with Crippen LogP contribution in [0.25, 0.3) is 0 Å². The second kappa shape index (κ2) is 30.0. The van der Waals surface area contributed by atoms with Gasteiger partial charge in [-0.2, -0.15) is 0 Å². The van der Waals surface area contributed by atoms with Crippen LogP contribution in [-0.4, -0.2) is 11.5 Å². The van der Waals surface area contributed by atoms with Crippen molar-refractivity contribution in [2.24, 2.45) is 0 Å². The molecule has 0 saturated heterocycles. The van der Waals surface area contributed by atoms with E-state index in [-0.39, 0.29) is 6.61 Å². The smallest absolute Gasteiger partial charge is 0.412 e. The van der Waals surface area contributed by atoms with Crippen molar-refractivity contribution in [1.82, 2.24) is 0 Å². The molecule has 1 N–H and O–H groups in total. The fraction of sp³-hybridized carbons (Fsp3) is 0.875. The minimum Gasteiger partial charge on any atom is -0.412 e. The van der Waals surface area contributed by atoms with E-state index in [2.05, 4.69) is 13.8 Å². The summed E-state index contributed by atoms with van der Waals surface area (Å²) < 4.78 is 21.8. The molecule has 37 heavy (non-hydrogen) atoms. The number of allylic oxidation sites excluding steroid dienone is 2. The van der Waals surface area contributed by atoms with Crippen LogP contribution in [0, 0.1) is 0 Å². The molecule has 0 aromatic carbocycles. The third-order valence-corrected chi connectivity index (χ3v) is 7.85. The number of unbranched alkanes of at least 4 members (excludes halogenated alkanes) is 23. The zero-order chi connectivity index (χ0) is 27.1. The molecule has 0 aromatic rings. The van der Waals surface area contributed by atoms with E-state index in [0.717, 1.165) is 19.3 Å². The lowest BCUT2D eigenvalue weighted by Crippen LogP contribution is -1.91. The molecule has 0 bridgehead atoms. The van der Waals surface area contributed by atoms with Crippen LogP contribution in [0.4, 0.5) is 0 Å². The minimum atomic E-state index is -4.00. The highest BCUT2D eigenvalue weighted by atomic mass is 31.2. The molecule has 0 rings (SSSR count). The first-order valence-electron chi connectivity index (χ1n) is 16.1. The van der Waals surface area contributed by atoms with E-state index in [1.165, 1.54) is 148 Å². The highest BCUT2D eigenvalue weighted by Gasteiger charge is 2.19. The van der Waals surface area contributed by atoms with Gasteiger partial charge in [-0.3, -0.25) is 9.42 Å². The lowest BCUT2D eigenvalue weighted by molar-refractivity contribution is 0.204. The number of phosphoric acid groups is 1. The average Bonchev–Trinajstić information content (AvgIpc) is 2.88. The predicted octanol–water partition coefficient (Wildman–Crippen LogP) is 12.0. The molecule has 0 aliphatic rings. The monoisotopic (exact) mass is 542 g/mol. The summed E-state index contributed by atoms with van der Waals surface area (Å²) >= 11 is 0. The molecule has 0 amide bonds. The Labute approximate surface area is 231 Å². The van der Waals surface area contributed by atoms with Gasteiger partial charge in [-0.05, 0) is 31.8 Å². The summed E-state index contributed by atoms with van der Waals surface area (Å²) in [5, 5.41) is 0. The third kappa shape index (κ3) is 31.5. The Morgan fingerprint density at radius 1 is 0.514 bits per heavy atom. The maximum atomic E-state index is 11.9. The first-order valence-corrected chi connectivity index (χ1v) is 17.6. The number of hydrogen-bond acceptors (Lipinski definition) is 3. The van der Waals surface area contributed by atoms with Crippen molar-refractivity contribution in [1.29, 1.82) is 0 Å². The topological polar surface area (TPSA) is 55.8 Å². The van der Waals surface area contributed by atoms with Crippen molar-refractivity contribution in [2.45, 2.75) is 174 Å². The van der Waals surface area contributed by atoms with Crippen molar-refractivity contribution in [3.63, 3.8) is 0 Å². The Balaban J connectivity index is 3.43. The molecular formula is C32H63O4P. The molecule has 0 aliphatic heterocycles. The molecule has 220 valence electrons. The van der Waals surface area contributed by atoms with E-state index in [1.54, 1.807) is 0 Å². The second-order valence-electron chi connectivity index (χ2n) is 10.7. The Morgan fingerprint density at radius 3 is 1.27 bits per heavy atom. The van der Waals surface area contributed by atoms with Gasteiger partial charge >= 0.3 is 7.82 Å². The molecular weight excluding hydrogens is 479 g/mol. The Hall–Kier alpha value is -0.570. The highest BCUT2D eigenvalue weighted by Crippen LogP contribution is 2.43. The van der Waals surface area contributed by atoms with Gasteiger partial charge in [-0.25, -0.2) is 4.57 Å². The van der Waals surface area contributed by atoms with Gasteiger partial charge in [0.1, 0.15) is 0 Å². The Bertz CT molecular complexity index is 547. The number of rotatable bonds is 30. The zero-order valence-corrected chi connectivity index (χ0v) is 25.7. The molecule has 0 heterocycles. The Morgan fingerprint density at radius 2 is 0.865 bits per heavy atom. The van der Waals surface area contributed by atoms with Crippen LogP contribution in [-0.2, 0) is 13.6 Å². The van der Waals surface area contributed by atoms with Crippen LogP contribution >= 0.6 is 7.82 Å². The molecule has 0 aromatic heterocycles. The molecule has 0 saturated carbocycles. The van der Waals surface area contributed by atoms with Crippen LogP contribution in [0.15, 0.2) is 24.5 Å². The van der Waals surface area contributed by atoms with Gasteiger partial charge in [0.25, 0.3) is 0 Å². The van der Waals surface area contributed by atoms with Crippen molar-refractivity contribution in [2.75, 3.05) is 6.61 Å². The molecule has 5 heteroatoms. The van der Waals surface area contributed by atoms with Gasteiger partial charge in [0.15, 0.2) is 0 Å². The summed E-state index contributed by atoms with van der Waals surface area (Å²) in [6.07, 6.45) is 39.6. The fourth-order valence-electron chi connectivity index (χ4n) is 4.57. The van der Waals surface area contributed by atoms with E-state index in [9.17, 15) is 9.46 Å². The summed E-state index contributed by atoms with van der Waals surface area (Å²) in [6, 6.07) is 0. The highest BCUT2D eigenvalue weighted by molar-refractivity contribution is 7.47. The van der Waals surface area contributed by atoms with Gasteiger partial charge in [-0.15, -0.1) is 0 Å². The predicted molar refractivity (Wildman–Crippen MR) is 162 cm³/mol. The maximum Gasteiger partial charge on any atom is 0.527 e. The number of hydrogen-bond donors (Lipinski definition) is 1. The fourth-order valence-corrected chi connectivity index (χ4v) is 5.15. The quantitative estimate of drug-likeness (QED) is 0.0424. The molecule has 1 atom stereocenters. The summed E-state index contributed by atoms with van der Waals surface area (Å²) in [5.74, 6) is 0. The van der Waals surface area contributed by atoms with Crippen LogP contribution in [0.2, 0.25) is 0 Å². The SMILES string of the molecule is CCCCCCCCCCCCC/C=C/COP(=O)(O)O/C=C/CCCCCCCCCCCCCC. The zero-order valence-electron chi connectivity index (χ0n) is 24.8. The van der Waals surface area contributed by atoms with E-state index >= 15 is 0 Å². The van der Waals surface area contributed by atoms with Crippen LogP contribution in [0.1, 0.15) is 174 Å². The van der Waals surface area contributed by atoms with Crippen molar-refractivity contribution < 1.29 is 18.5 Å². The van der Waals surface area contributed by atoms with E-state index in [4.69, 9.17) is 9.05 Å². The Kier molecular flexibility index (Phi) is 29.5. The lowest BCUT2D eigenvalue weighted by Gasteiger charge is -2.08. The van der Waals surface area contributed by atoms with E-state index in [0.29, 0.717) is 0 Å². The maximum absolute atomic E-state index is 11.9. The molecule has 0 fully saturated rings. The van der Waals surface area contributed by atoms with Crippen molar-refractivity contribution >= 4 is 7.82 Å². The van der Waals surface area contributed by atoms with Crippen LogP contribution < -0.4 is 0 Å². The summed E-state index contributed by atoms with van der Waals surface area (Å²) in [5.41, 5.74) is 0. The molecule has 1 unspecified atom stereocenters. The molecule has 0 aliphatic carbocycles. The summed E-state index contributed by atoms with van der Waals surface area (Å²) in [4.78, 5) is 9.75. The molecule has 0 radical (unpaired) electrons. The molecule has 0 spiro atoms. The van der Waals surface area contributed by atoms with Gasteiger partial charge < -0.3 is 4.52 Å². The first kappa shape index (κ1) is 36.4. The van der Waals surface area contributed by atoms with Gasteiger partial charge in [-0.1, -0.05) is 161 Å². The third-order valence-electron chi connectivity index (χ3n) is 6.99. The van der Waals surface area contributed by atoms with Crippen LogP contribution in [0.5, 0.6) is 0 Å². The average molecular weight is 543 g/mol. The van der Waals surface area contributed by atoms with Crippen molar-refractivity contribution in [3.05, 3.63) is 24.5 Å². The lowest BCUT2D eigenvalue weighted by atomic mass is 10.0. The standard InChI is InChI=1S/C32H63O4P/c1-3-5-7-9-11-13-15-17-19-21-23-25-27-29-31-35-37(33,34)36-32-30-28-26-24-22-20-18-16-14-12-10-8-6-4-2/h27,29-30,32H,3-26,28,31H2,1-2H3,(H,33,34)/b29-27+,32-30+. The van der Waals surface area contributed by atoms with Crippen molar-refractivity contribution in [3.8, 4) is 0 Å². The minimum absolute atomic E-state index is 0.110.